The third-order valence-corrected chi connectivity index (χ3v) is 4.43. The van der Waals surface area contributed by atoms with Crippen molar-refractivity contribution in [3.05, 3.63) is 59.7 Å². The van der Waals surface area contributed by atoms with E-state index >= 15 is 0 Å². The first-order valence-electron chi connectivity index (χ1n) is 7.13. The summed E-state index contributed by atoms with van der Waals surface area (Å²) in [7, 11) is 0. The van der Waals surface area contributed by atoms with Crippen LogP contribution in [0.2, 0.25) is 0 Å². The van der Waals surface area contributed by atoms with Crippen molar-refractivity contribution < 1.29 is 15.3 Å². The van der Waals surface area contributed by atoms with Gasteiger partial charge in [0.1, 0.15) is 0 Å². The fourth-order valence-corrected chi connectivity index (χ4v) is 3.49. The monoisotopic (exact) mass is 280 g/mol. The second kappa shape index (κ2) is 4.28. The van der Waals surface area contributed by atoms with Crippen LogP contribution in [0.25, 0.3) is 21.5 Å². The Morgan fingerprint density at radius 1 is 0.857 bits per heavy atom. The number of benzene rings is 3. The average molecular weight is 280 g/mol. The van der Waals surface area contributed by atoms with Crippen molar-refractivity contribution in [3.63, 3.8) is 0 Å². The minimum absolute atomic E-state index is 0.0426. The maximum Gasteiger partial charge on any atom is 0.192 e. The highest BCUT2D eigenvalue weighted by atomic mass is 16.5. The molecule has 0 radical (unpaired) electrons. The summed E-state index contributed by atoms with van der Waals surface area (Å²) in [6, 6.07) is 15.9. The van der Waals surface area contributed by atoms with E-state index in [2.05, 4.69) is 12.1 Å². The summed E-state index contributed by atoms with van der Waals surface area (Å²) in [4.78, 5) is 0. The molecule has 4 rings (SSSR count). The van der Waals surface area contributed by atoms with Gasteiger partial charge in [-0.25, -0.2) is 0 Å². The Labute approximate surface area is 122 Å². The van der Waals surface area contributed by atoms with Crippen LogP contribution in [-0.4, -0.2) is 21.4 Å². The molecule has 106 valence electrons. The van der Waals surface area contributed by atoms with Crippen LogP contribution in [0.4, 0.5) is 0 Å². The Hall–Kier alpha value is -1.94. The van der Waals surface area contributed by atoms with Crippen LogP contribution in [0.5, 0.6) is 0 Å². The van der Waals surface area contributed by atoms with E-state index in [1.54, 1.807) is 6.07 Å². The molecule has 0 aliphatic heterocycles. The lowest BCUT2D eigenvalue weighted by Gasteiger charge is -2.33. The van der Waals surface area contributed by atoms with Gasteiger partial charge in [0.25, 0.3) is 0 Å². The Morgan fingerprint density at radius 2 is 1.62 bits per heavy atom. The van der Waals surface area contributed by atoms with E-state index in [1.165, 1.54) is 0 Å². The molecule has 3 heteroatoms. The molecule has 21 heavy (non-hydrogen) atoms. The predicted octanol–water partition coefficient (Wildman–Crippen LogP) is 2.44. The number of aliphatic hydroxyl groups excluding tert-OH is 1. The largest absolute Gasteiger partial charge is 0.393 e. The van der Waals surface area contributed by atoms with Gasteiger partial charge in [0.2, 0.25) is 0 Å². The van der Waals surface area contributed by atoms with E-state index in [1.807, 2.05) is 30.3 Å². The number of aliphatic hydroxyl groups is 3. The maximum absolute atomic E-state index is 10.2. The molecule has 3 aromatic rings. The van der Waals surface area contributed by atoms with Gasteiger partial charge in [0.15, 0.2) is 5.79 Å². The molecule has 1 aliphatic carbocycles. The van der Waals surface area contributed by atoms with Crippen molar-refractivity contribution in [2.75, 3.05) is 0 Å². The third kappa shape index (κ3) is 1.86. The van der Waals surface area contributed by atoms with Crippen molar-refractivity contribution in [1.29, 1.82) is 0 Å². The van der Waals surface area contributed by atoms with Gasteiger partial charge in [-0.05, 0) is 33.5 Å². The molecular formula is C18H16O3. The standard InChI is InChI=1S/C18H16O3/c19-12-9-16-15-6-5-11-3-1-2-4-13(11)14(15)7-8-17(16)18(20,21)10-12/h1-8,12,19-21H,9-10H2. The van der Waals surface area contributed by atoms with E-state index in [0.717, 1.165) is 27.1 Å². The third-order valence-electron chi connectivity index (χ3n) is 4.43. The van der Waals surface area contributed by atoms with Crippen LogP contribution in [0.3, 0.4) is 0 Å². The van der Waals surface area contributed by atoms with Crippen molar-refractivity contribution in [3.8, 4) is 0 Å². The molecule has 0 saturated carbocycles. The summed E-state index contributed by atoms with van der Waals surface area (Å²) < 4.78 is 0. The van der Waals surface area contributed by atoms with E-state index in [0.29, 0.717) is 12.0 Å². The summed E-state index contributed by atoms with van der Waals surface area (Å²) in [5.74, 6) is -1.95. The molecule has 0 aromatic heterocycles. The smallest absolute Gasteiger partial charge is 0.192 e. The summed E-state index contributed by atoms with van der Waals surface area (Å²) in [5, 5.41) is 34.6. The number of rotatable bonds is 0. The van der Waals surface area contributed by atoms with Gasteiger partial charge >= 0.3 is 0 Å². The maximum atomic E-state index is 10.2. The number of hydrogen-bond donors (Lipinski definition) is 3. The second-order valence-corrected chi connectivity index (χ2v) is 5.85. The lowest BCUT2D eigenvalue weighted by Crippen LogP contribution is -2.37. The van der Waals surface area contributed by atoms with Gasteiger partial charge in [-0.1, -0.05) is 48.5 Å². The SMILES string of the molecule is OC1Cc2c(ccc3c2ccc2ccccc23)C(O)(O)C1. The Bertz CT molecular complexity index is 852. The van der Waals surface area contributed by atoms with Crippen molar-refractivity contribution in [2.24, 2.45) is 0 Å². The molecule has 0 spiro atoms. The van der Waals surface area contributed by atoms with E-state index in [4.69, 9.17) is 0 Å². The van der Waals surface area contributed by atoms with Gasteiger partial charge in [0.05, 0.1) is 6.10 Å². The molecule has 1 unspecified atom stereocenters. The fraction of sp³-hybridized carbons (Fsp3) is 0.222. The molecule has 0 heterocycles. The quantitative estimate of drug-likeness (QED) is 0.438. The molecule has 0 saturated heterocycles. The molecule has 0 amide bonds. The van der Waals surface area contributed by atoms with Crippen LogP contribution < -0.4 is 0 Å². The van der Waals surface area contributed by atoms with E-state index < -0.39 is 11.9 Å². The van der Waals surface area contributed by atoms with Gasteiger partial charge in [-0.15, -0.1) is 0 Å². The van der Waals surface area contributed by atoms with Crippen molar-refractivity contribution in [2.45, 2.75) is 24.7 Å². The number of hydrogen-bond acceptors (Lipinski definition) is 3. The van der Waals surface area contributed by atoms with Crippen LogP contribution in [-0.2, 0) is 12.2 Å². The minimum atomic E-state index is -1.95. The molecule has 3 N–H and O–H groups in total. The topological polar surface area (TPSA) is 60.7 Å². The lowest BCUT2D eigenvalue weighted by molar-refractivity contribution is -0.195. The molecular weight excluding hydrogens is 264 g/mol. The summed E-state index contributed by atoms with van der Waals surface area (Å²) in [6.45, 7) is 0. The van der Waals surface area contributed by atoms with Crippen LogP contribution in [0, 0.1) is 0 Å². The zero-order valence-corrected chi connectivity index (χ0v) is 11.5. The molecule has 1 atom stereocenters. The van der Waals surface area contributed by atoms with Crippen LogP contribution >= 0.6 is 0 Å². The lowest BCUT2D eigenvalue weighted by atomic mass is 9.81. The molecule has 3 aromatic carbocycles. The fourth-order valence-electron chi connectivity index (χ4n) is 3.49. The summed E-state index contributed by atoms with van der Waals surface area (Å²) in [6.07, 6.45) is -0.322. The van der Waals surface area contributed by atoms with Gasteiger partial charge < -0.3 is 15.3 Å². The summed E-state index contributed by atoms with van der Waals surface area (Å²) >= 11 is 0. The first-order valence-corrected chi connectivity index (χ1v) is 7.13. The zero-order chi connectivity index (χ0) is 14.6. The highest BCUT2D eigenvalue weighted by Crippen LogP contribution is 2.39. The van der Waals surface area contributed by atoms with Gasteiger partial charge in [0, 0.05) is 12.0 Å². The van der Waals surface area contributed by atoms with Gasteiger partial charge in [-0.2, -0.15) is 0 Å². The van der Waals surface area contributed by atoms with E-state index in [9.17, 15) is 15.3 Å². The van der Waals surface area contributed by atoms with Crippen molar-refractivity contribution >= 4 is 21.5 Å². The normalized spacial score (nSPS) is 20.6. The highest BCUT2D eigenvalue weighted by molar-refractivity contribution is 6.08. The Morgan fingerprint density at radius 3 is 2.48 bits per heavy atom. The predicted molar refractivity (Wildman–Crippen MR) is 81.9 cm³/mol. The minimum Gasteiger partial charge on any atom is -0.393 e. The first-order chi connectivity index (χ1) is 10.1. The molecule has 1 aliphatic rings. The van der Waals surface area contributed by atoms with Crippen molar-refractivity contribution in [1.82, 2.24) is 0 Å². The Balaban J connectivity index is 2.11. The Kier molecular flexibility index (Phi) is 2.60. The van der Waals surface area contributed by atoms with E-state index in [-0.39, 0.29) is 6.42 Å². The van der Waals surface area contributed by atoms with Gasteiger partial charge in [-0.3, -0.25) is 0 Å². The second-order valence-electron chi connectivity index (χ2n) is 5.85. The highest BCUT2D eigenvalue weighted by Gasteiger charge is 2.37. The molecule has 0 fully saturated rings. The summed E-state index contributed by atoms with van der Waals surface area (Å²) in [5.41, 5.74) is 1.34. The molecule has 3 nitrogen and oxygen atoms in total. The zero-order valence-electron chi connectivity index (χ0n) is 11.5. The number of fused-ring (bicyclic) bond motifs is 5. The van der Waals surface area contributed by atoms with Crippen LogP contribution in [0.1, 0.15) is 17.5 Å². The average Bonchev–Trinajstić information content (AvgIpc) is 2.45. The van der Waals surface area contributed by atoms with Crippen LogP contribution in [0.15, 0.2) is 48.5 Å². The first kappa shape index (κ1) is 12.8. The molecule has 0 bridgehead atoms.